The van der Waals surface area contributed by atoms with Crippen LogP contribution in [0.1, 0.15) is 32.4 Å². The van der Waals surface area contributed by atoms with Crippen LogP contribution >= 0.6 is 0 Å². The summed E-state index contributed by atoms with van der Waals surface area (Å²) in [6.07, 6.45) is 0. The summed E-state index contributed by atoms with van der Waals surface area (Å²) in [4.78, 5) is 11.5. The number of esters is 1. The average molecular weight is 251 g/mol. The maximum absolute atomic E-state index is 11.5. The molecule has 0 aliphatic carbocycles. The molecule has 4 heteroatoms. The molecule has 0 heterocycles. The molecule has 4 nitrogen and oxygen atoms in total. The second kappa shape index (κ2) is 7.01. The van der Waals surface area contributed by atoms with Gasteiger partial charge in [-0.15, -0.1) is 0 Å². The Bertz CT molecular complexity index is 375. The Morgan fingerprint density at radius 2 is 1.89 bits per heavy atom. The summed E-state index contributed by atoms with van der Waals surface area (Å²) < 4.78 is 10.1. The van der Waals surface area contributed by atoms with Crippen molar-refractivity contribution >= 4 is 5.97 Å². The Labute approximate surface area is 108 Å². The Balaban J connectivity index is 2.58. The lowest BCUT2D eigenvalue weighted by molar-refractivity contribution is -0.145. The van der Waals surface area contributed by atoms with Crippen LogP contribution in [0.4, 0.5) is 0 Å². The first kappa shape index (κ1) is 14.5. The van der Waals surface area contributed by atoms with E-state index in [1.54, 1.807) is 21.0 Å². The van der Waals surface area contributed by atoms with Crippen molar-refractivity contribution in [2.45, 2.75) is 32.9 Å². The predicted molar refractivity (Wildman–Crippen MR) is 70.6 cm³/mol. The van der Waals surface area contributed by atoms with Crippen LogP contribution < -0.4 is 10.1 Å². The van der Waals surface area contributed by atoms with Crippen LogP contribution in [-0.4, -0.2) is 25.7 Å². The van der Waals surface area contributed by atoms with E-state index in [9.17, 15) is 4.79 Å². The highest BCUT2D eigenvalue weighted by molar-refractivity contribution is 5.75. The normalized spacial score (nSPS) is 13.8. The fourth-order valence-corrected chi connectivity index (χ4v) is 1.70. The third kappa shape index (κ3) is 4.04. The first-order valence-electron chi connectivity index (χ1n) is 6.15. The summed E-state index contributed by atoms with van der Waals surface area (Å²) >= 11 is 0. The van der Waals surface area contributed by atoms with Gasteiger partial charge in [0.15, 0.2) is 0 Å². The van der Waals surface area contributed by atoms with Crippen molar-refractivity contribution in [2.75, 3.05) is 13.7 Å². The van der Waals surface area contributed by atoms with Crippen LogP contribution in [0, 0.1) is 0 Å². The fourth-order valence-electron chi connectivity index (χ4n) is 1.70. The molecule has 1 aromatic rings. The van der Waals surface area contributed by atoms with E-state index in [4.69, 9.17) is 9.47 Å². The topological polar surface area (TPSA) is 47.6 Å². The van der Waals surface area contributed by atoms with Gasteiger partial charge in [0.25, 0.3) is 0 Å². The molecule has 1 aromatic carbocycles. The largest absolute Gasteiger partial charge is 0.497 e. The van der Waals surface area contributed by atoms with Crippen LogP contribution in [0.3, 0.4) is 0 Å². The molecule has 0 saturated carbocycles. The third-order valence-electron chi connectivity index (χ3n) is 2.76. The second-order valence-corrected chi connectivity index (χ2v) is 4.14. The van der Waals surface area contributed by atoms with Gasteiger partial charge in [0.2, 0.25) is 0 Å². The minimum atomic E-state index is -0.318. The minimum absolute atomic E-state index is 0.0790. The van der Waals surface area contributed by atoms with E-state index < -0.39 is 0 Å². The summed E-state index contributed by atoms with van der Waals surface area (Å²) in [5.74, 6) is 0.599. The van der Waals surface area contributed by atoms with Crippen molar-refractivity contribution in [1.82, 2.24) is 5.32 Å². The van der Waals surface area contributed by atoms with Gasteiger partial charge in [0.05, 0.1) is 13.7 Å². The van der Waals surface area contributed by atoms with Gasteiger partial charge in [-0.1, -0.05) is 12.1 Å². The molecule has 1 rings (SSSR count). The number of carbonyl (C=O) groups is 1. The molecule has 2 unspecified atom stereocenters. The number of ether oxygens (including phenoxy) is 2. The van der Waals surface area contributed by atoms with Crippen molar-refractivity contribution in [2.24, 2.45) is 0 Å². The van der Waals surface area contributed by atoms with E-state index in [0.717, 1.165) is 11.3 Å². The van der Waals surface area contributed by atoms with E-state index in [2.05, 4.69) is 5.32 Å². The smallest absolute Gasteiger partial charge is 0.322 e. The van der Waals surface area contributed by atoms with Gasteiger partial charge < -0.3 is 9.47 Å². The van der Waals surface area contributed by atoms with Gasteiger partial charge in [-0.05, 0) is 38.5 Å². The highest BCUT2D eigenvalue weighted by atomic mass is 16.5. The minimum Gasteiger partial charge on any atom is -0.497 e. The van der Waals surface area contributed by atoms with Crippen molar-refractivity contribution < 1.29 is 14.3 Å². The van der Waals surface area contributed by atoms with E-state index in [1.165, 1.54) is 0 Å². The second-order valence-electron chi connectivity index (χ2n) is 4.14. The van der Waals surface area contributed by atoms with Gasteiger partial charge in [0, 0.05) is 6.04 Å². The number of benzene rings is 1. The Hall–Kier alpha value is -1.55. The maximum atomic E-state index is 11.5. The Kier molecular flexibility index (Phi) is 5.65. The standard InChI is InChI=1S/C14H21NO3/c1-5-18-14(16)11(3)15-10(2)12-6-8-13(17-4)9-7-12/h6-11,15H,5H2,1-4H3. The van der Waals surface area contributed by atoms with Crippen molar-refractivity contribution in [3.8, 4) is 5.75 Å². The van der Waals surface area contributed by atoms with Crippen LogP contribution in [0.2, 0.25) is 0 Å². The van der Waals surface area contributed by atoms with Crippen LogP contribution in [-0.2, 0) is 9.53 Å². The zero-order chi connectivity index (χ0) is 13.5. The molecule has 0 amide bonds. The summed E-state index contributed by atoms with van der Waals surface area (Å²) in [5.41, 5.74) is 1.10. The van der Waals surface area contributed by atoms with Gasteiger partial charge in [-0.25, -0.2) is 0 Å². The molecule has 0 spiro atoms. The molecule has 0 aliphatic rings. The quantitative estimate of drug-likeness (QED) is 0.788. The first-order valence-corrected chi connectivity index (χ1v) is 6.15. The first-order chi connectivity index (χ1) is 8.58. The maximum Gasteiger partial charge on any atom is 0.322 e. The van der Waals surface area contributed by atoms with Gasteiger partial charge >= 0.3 is 5.97 Å². The highest BCUT2D eigenvalue weighted by Gasteiger charge is 2.16. The molecule has 100 valence electrons. The lowest BCUT2D eigenvalue weighted by Gasteiger charge is -2.19. The lowest BCUT2D eigenvalue weighted by atomic mass is 10.1. The molecule has 0 fully saturated rings. The van der Waals surface area contributed by atoms with Crippen molar-refractivity contribution in [3.63, 3.8) is 0 Å². The number of nitrogens with one attached hydrogen (secondary N) is 1. The van der Waals surface area contributed by atoms with Crippen LogP contribution in [0.15, 0.2) is 24.3 Å². The third-order valence-corrected chi connectivity index (χ3v) is 2.76. The number of hydrogen-bond acceptors (Lipinski definition) is 4. The average Bonchev–Trinajstić information content (AvgIpc) is 2.39. The van der Waals surface area contributed by atoms with E-state index >= 15 is 0 Å². The Morgan fingerprint density at radius 3 is 2.39 bits per heavy atom. The predicted octanol–water partition coefficient (Wildman–Crippen LogP) is 2.30. The summed E-state index contributed by atoms with van der Waals surface area (Å²) in [6, 6.07) is 7.53. The van der Waals surface area contributed by atoms with Crippen molar-refractivity contribution in [1.29, 1.82) is 0 Å². The van der Waals surface area contributed by atoms with Gasteiger partial charge in [-0.3, -0.25) is 10.1 Å². The fraction of sp³-hybridized carbons (Fsp3) is 0.500. The monoisotopic (exact) mass is 251 g/mol. The number of hydrogen-bond donors (Lipinski definition) is 1. The summed E-state index contributed by atoms with van der Waals surface area (Å²) in [6.45, 7) is 6.02. The number of methoxy groups -OCH3 is 1. The zero-order valence-corrected chi connectivity index (χ0v) is 11.4. The molecule has 0 aromatic heterocycles. The van der Waals surface area contributed by atoms with E-state index in [-0.39, 0.29) is 18.1 Å². The highest BCUT2D eigenvalue weighted by Crippen LogP contribution is 2.17. The summed E-state index contributed by atoms with van der Waals surface area (Å²) in [7, 11) is 1.64. The zero-order valence-electron chi connectivity index (χ0n) is 11.4. The molecule has 0 aliphatic heterocycles. The van der Waals surface area contributed by atoms with Gasteiger partial charge in [-0.2, -0.15) is 0 Å². The van der Waals surface area contributed by atoms with Crippen LogP contribution in [0.25, 0.3) is 0 Å². The van der Waals surface area contributed by atoms with Gasteiger partial charge in [0.1, 0.15) is 11.8 Å². The molecule has 2 atom stereocenters. The summed E-state index contributed by atoms with van der Waals surface area (Å²) in [5, 5.41) is 3.20. The van der Waals surface area contributed by atoms with E-state index in [1.807, 2.05) is 31.2 Å². The molecular formula is C14H21NO3. The molecule has 0 radical (unpaired) electrons. The van der Waals surface area contributed by atoms with Crippen molar-refractivity contribution in [3.05, 3.63) is 29.8 Å². The number of rotatable bonds is 6. The molecule has 1 N–H and O–H groups in total. The molecular weight excluding hydrogens is 230 g/mol. The molecule has 0 bridgehead atoms. The van der Waals surface area contributed by atoms with Crippen LogP contribution in [0.5, 0.6) is 5.75 Å². The lowest BCUT2D eigenvalue weighted by Crippen LogP contribution is -2.37. The SMILES string of the molecule is CCOC(=O)C(C)NC(C)c1ccc(OC)cc1. The molecule has 18 heavy (non-hydrogen) atoms. The van der Waals surface area contributed by atoms with E-state index in [0.29, 0.717) is 6.61 Å². The molecule has 0 saturated heterocycles. The number of carbonyl (C=O) groups excluding carboxylic acids is 1. The Morgan fingerprint density at radius 1 is 1.28 bits per heavy atom.